The third kappa shape index (κ3) is 1.11. The Morgan fingerprint density at radius 3 is 2.71 bits per heavy atom. The Kier molecular flexibility index (Phi) is 2.13. The van der Waals surface area contributed by atoms with Crippen molar-refractivity contribution in [3.8, 4) is 0 Å². The number of hydrogen-bond acceptors (Lipinski definition) is 2. The van der Waals surface area contributed by atoms with Gasteiger partial charge in [-0.25, -0.2) is 0 Å². The highest BCUT2D eigenvalue weighted by atomic mass is 16.6. The number of fused-ring (bicyclic) bond motifs is 5. The molecule has 2 bridgehead atoms. The molecule has 17 heavy (non-hydrogen) atoms. The lowest BCUT2D eigenvalue weighted by atomic mass is 9.70. The first-order valence-electron chi connectivity index (χ1n) is 6.92. The maximum atomic E-state index is 12.4. The van der Waals surface area contributed by atoms with Crippen LogP contribution in [0.2, 0.25) is 0 Å². The smallest absolute Gasteiger partial charge is 0.348 e. The van der Waals surface area contributed by atoms with Crippen LogP contribution in [-0.2, 0) is 4.74 Å². The summed E-state index contributed by atoms with van der Waals surface area (Å²) in [6, 6.07) is 0.0882. The molecule has 0 unspecified atom stereocenters. The summed E-state index contributed by atoms with van der Waals surface area (Å²) in [6.45, 7) is 9.05. The van der Waals surface area contributed by atoms with E-state index in [4.69, 9.17) is 4.74 Å². The summed E-state index contributed by atoms with van der Waals surface area (Å²) >= 11 is 0. The van der Waals surface area contributed by atoms with Crippen LogP contribution in [0, 0.1) is 22.0 Å². The molecule has 0 N–H and O–H groups in total. The molecule has 0 aromatic carbocycles. The van der Waals surface area contributed by atoms with Crippen molar-refractivity contribution in [2.45, 2.75) is 65.5 Å². The van der Waals surface area contributed by atoms with Gasteiger partial charge in [0.15, 0.2) is 6.10 Å². The Hall–Kier alpha value is -0.730. The Bertz CT molecular complexity index is 388. The van der Waals surface area contributed by atoms with Gasteiger partial charge in [-0.1, -0.05) is 27.7 Å². The predicted molar refractivity (Wildman–Crippen MR) is 66.8 cm³/mol. The van der Waals surface area contributed by atoms with E-state index in [9.17, 15) is 5.21 Å². The predicted octanol–water partition coefficient (Wildman–Crippen LogP) is 2.92. The lowest BCUT2D eigenvalue weighted by Gasteiger charge is -2.36. The fourth-order valence-corrected chi connectivity index (χ4v) is 4.49. The Labute approximate surface area is 103 Å². The molecule has 2 saturated carbocycles. The fourth-order valence-electron chi connectivity index (χ4n) is 4.49. The van der Waals surface area contributed by atoms with E-state index in [2.05, 4.69) is 27.7 Å². The maximum absolute atomic E-state index is 12.4. The van der Waals surface area contributed by atoms with Gasteiger partial charge in [0.25, 0.3) is 0 Å². The van der Waals surface area contributed by atoms with Gasteiger partial charge in [-0.15, -0.1) is 0 Å². The summed E-state index contributed by atoms with van der Waals surface area (Å²) in [5.74, 6) is 1.19. The van der Waals surface area contributed by atoms with Crippen molar-refractivity contribution >= 4 is 5.90 Å². The maximum Gasteiger partial charge on any atom is 0.348 e. The van der Waals surface area contributed by atoms with Gasteiger partial charge in [-0.05, 0) is 24.7 Å². The zero-order valence-corrected chi connectivity index (χ0v) is 11.3. The Balaban J connectivity index is 1.99. The van der Waals surface area contributed by atoms with Gasteiger partial charge in [-0.2, -0.15) is 4.74 Å². The van der Waals surface area contributed by atoms with Gasteiger partial charge in [0.2, 0.25) is 6.04 Å². The summed E-state index contributed by atoms with van der Waals surface area (Å²) in [5.41, 5.74) is 0.420. The largest absolute Gasteiger partial charge is 0.621 e. The molecule has 3 heteroatoms. The monoisotopic (exact) mass is 237 g/mol. The second kappa shape index (κ2) is 3.18. The summed E-state index contributed by atoms with van der Waals surface area (Å²) in [4.78, 5) is 0. The lowest BCUT2D eigenvalue weighted by Crippen LogP contribution is -2.40. The summed E-state index contributed by atoms with van der Waals surface area (Å²) in [6.07, 6.45) is 4.30. The van der Waals surface area contributed by atoms with E-state index in [0.29, 0.717) is 11.8 Å². The van der Waals surface area contributed by atoms with Gasteiger partial charge in [0.1, 0.15) is 0 Å². The van der Waals surface area contributed by atoms with Crippen LogP contribution in [-0.4, -0.2) is 22.8 Å². The second-order valence-electron chi connectivity index (χ2n) is 6.78. The molecule has 4 atom stereocenters. The molecule has 1 heterocycles. The summed E-state index contributed by atoms with van der Waals surface area (Å²) in [5, 5.41) is 12.4. The van der Waals surface area contributed by atoms with Crippen LogP contribution < -0.4 is 0 Å². The molecule has 96 valence electrons. The number of hydrogen-bond donors (Lipinski definition) is 0. The topological polar surface area (TPSA) is 35.3 Å². The molecule has 0 aromatic heterocycles. The van der Waals surface area contributed by atoms with Crippen molar-refractivity contribution in [2.24, 2.45) is 16.7 Å². The van der Waals surface area contributed by atoms with Crippen molar-refractivity contribution in [1.29, 1.82) is 0 Å². The van der Waals surface area contributed by atoms with Crippen LogP contribution in [0.4, 0.5) is 0 Å². The molecule has 2 aliphatic carbocycles. The quantitative estimate of drug-likeness (QED) is 0.547. The van der Waals surface area contributed by atoms with Gasteiger partial charge >= 0.3 is 5.90 Å². The normalized spacial score (nSPS) is 46.2. The molecule has 3 nitrogen and oxygen atoms in total. The highest BCUT2D eigenvalue weighted by Gasteiger charge is 2.73. The molecule has 0 radical (unpaired) electrons. The minimum Gasteiger partial charge on any atom is -0.621 e. The molecule has 1 aliphatic heterocycles. The number of rotatable bonds is 2. The van der Waals surface area contributed by atoms with Gasteiger partial charge < -0.3 is 9.94 Å². The molecule has 0 amide bonds. The third-order valence-electron chi connectivity index (χ3n) is 5.97. The zero-order valence-electron chi connectivity index (χ0n) is 11.3. The molecular formula is C14H23NO2. The van der Waals surface area contributed by atoms with Crippen LogP contribution in [0.3, 0.4) is 0 Å². The van der Waals surface area contributed by atoms with E-state index in [1.807, 2.05) is 0 Å². The van der Waals surface area contributed by atoms with E-state index in [1.165, 1.54) is 17.6 Å². The average Bonchev–Trinajstić information content (AvgIpc) is 2.75. The lowest BCUT2D eigenvalue weighted by molar-refractivity contribution is -0.505. The molecule has 3 rings (SSSR count). The zero-order chi connectivity index (χ0) is 12.4. The highest BCUT2D eigenvalue weighted by Crippen LogP contribution is 2.67. The first-order chi connectivity index (χ1) is 7.93. The van der Waals surface area contributed by atoms with E-state index in [-0.39, 0.29) is 23.0 Å². The fraction of sp³-hybridized carbons (Fsp3) is 0.929. The molecule has 0 saturated heterocycles. The number of hydroxylamine groups is 1. The van der Waals surface area contributed by atoms with Crippen LogP contribution in [0.15, 0.2) is 0 Å². The average molecular weight is 237 g/mol. The number of ether oxygens (including phenoxy) is 1. The van der Waals surface area contributed by atoms with Crippen molar-refractivity contribution in [1.82, 2.24) is 0 Å². The SMILES string of the molecule is CCCC1=[N+]([O-])[C@@H]2[C@H]3CC[C@@](C)([C@@H]2O1)C3(C)C. The van der Waals surface area contributed by atoms with Crippen molar-refractivity contribution in [3.05, 3.63) is 5.21 Å². The second-order valence-corrected chi connectivity index (χ2v) is 6.78. The first-order valence-corrected chi connectivity index (χ1v) is 6.92. The minimum absolute atomic E-state index is 0.0882. The standard InChI is InChI=1S/C14H23NO2/c1-5-6-10-15(16)11-9-7-8-14(4,12(11)17-10)13(9,2)3/h9,11-12H,5-8H2,1-4H3/t9-,11-,12-,14+/m1/s1. The van der Waals surface area contributed by atoms with E-state index < -0.39 is 0 Å². The number of nitrogens with zero attached hydrogens (tertiary/aromatic N) is 1. The molecule has 0 spiro atoms. The van der Waals surface area contributed by atoms with Crippen LogP contribution in [0.5, 0.6) is 0 Å². The minimum atomic E-state index is 0.0882. The van der Waals surface area contributed by atoms with Crippen LogP contribution >= 0.6 is 0 Å². The summed E-state index contributed by atoms with van der Waals surface area (Å²) in [7, 11) is 0. The van der Waals surface area contributed by atoms with Gasteiger partial charge in [0.05, 0.1) is 6.42 Å². The molecule has 2 fully saturated rings. The third-order valence-corrected chi connectivity index (χ3v) is 5.97. The van der Waals surface area contributed by atoms with E-state index >= 15 is 0 Å². The Morgan fingerprint density at radius 1 is 1.41 bits per heavy atom. The summed E-state index contributed by atoms with van der Waals surface area (Å²) < 4.78 is 7.25. The molecule has 3 aliphatic rings. The van der Waals surface area contributed by atoms with Gasteiger partial charge in [-0.3, -0.25) is 0 Å². The van der Waals surface area contributed by atoms with E-state index in [0.717, 1.165) is 12.8 Å². The Morgan fingerprint density at radius 2 is 2.12 bits per heavy atom. The van der Waals surface area contributed by atoms with Gasteiger partial charge in [0, 0.05) is 11.3 Å². The van der Waals surface area contributed by atoms with Crippen LogP contribution in [0.25, 0.3) is 0 Å². The first kappa shape index (κ1) is 11.4. The van der Waals surface area contributed by atoms with Crippen molar-refractivity contribution in [2.75, 3.05) is 0 Å². The van der Waals surface area contributed by atoms with E-state index in [1.54, 1.807) is 0 Å². The molecular weight excluding hydrogens is 214 g/mol. The molecule has 0 aromatic rings. The van der Waals surface area contributed by atoms with Crippen molar-refractivity contribution < 1.29 is 9.48 Å². The van der Waals surface area contributed by atoms with Crippen molar-refractivity contribution in [3.63, 3.8) is 0 Å². The highest BCUT2D eigenvalue weighted by molar-refractivity contribution is 5.72. The van der Waals surface area contributed by atoms with Crippen LogP contribution in [0.1, 0.15) is 53.4 Å².